The van der Waals surface area contributed by atoms with Gasteiger partial charge in [0.25, 0.3) is 0 Å². The summed E-state index contributed by atoms with van der Waals surface area (Å²) >= 11 is 7.91. The first kappa shape index (κ1) is 12.2. The van der Waals surface area contributed by atoms with Crippen LogP contribution in [0.4, 0.5) is 4.39 Å². The van der Waals surface area contributed by atoms with Gasteiger partial charge in [-0.1, -0.05) is 6.07 Å². The molecule has 2 rings (SSSR count). The molecule has 0 spiro atoms. The summed E-state index contributed by atoms with van der Waals surface area (Å²) in [5.74, 6) is -0.372. The molecule has 1 heterocycles. The van der Waals surface area contributed by atoms with Crippen LogP contribution >= 0.6 is 43.2 Å². The van der Waals surface area contributed by atoms with Crippen LogP contribution in [0.25, 0.3) is 0 Å². The van der Waals surface area contributed by atoms with Crippen LogP contribution in [0.5, 0.6) is 0 Å². The van der Waals surface area contributed by atoms with Gasteiger partial charge in [-0.05, 0) is 54.9 Å². The smallest absolute Gasteiger partial charge is 0.137 e. The first-order valence-corrected chi connectivity index (χ1v) is 6.97. The second-order valence-electron chi connectivity index (χ2n) is 3.25. The fourth-order valence-corrected chi connectivity index (χ4v) is 3.13. The Labute approximate surface area is 113 Å². The lowest BCUT2D eigenvalue weighted by molar-refractivity contribution is 0.219. The van der Waals surface area contributed by atoms with Crippen LogP contribution < -0.4 is 0 Å². The number of halogens is 3. The molecule has 1 aromatic heterocycles. The number of thiophene rings is 1. The second-order valence-corrected chi connectivity index (χ2v) is 5.70. The van der Waals surface area contributed by atoms with Gasteiger partial charge in [-0.25, -0.2) is 4.39 Å². The molecule has 0 bridgehead atoms. The van der Waals surface area contributed by atoms with Gasteiger partial charge in [-0.2, -0.15) is 11.3 Å². The van der Waals surface area contributed by atoms with Crippen LogP contribution in [0.15, 0.2) is 37.9 Å². The first-order valence-electron chi connectivity index (χ1n) is 4.44. The maximum absolute atomic E-state index is 13.3. The molecule has 2 aromatic rings. The Morgan fingerprint density at radius 1 is 1.19 bits per heavy atom. The van der Waals surface area contributed by atoms with E-state index in [4.69, 9.17) is 0 Å². The number of rotatable bonds is 2. The van der Waals surface area contributed by atoms with Crippen LogP contribution in [0.3, 0.4) is 0 Å². The SMILES string of the molecule is OC(c1ccc(Br)c(F)c1)c1cscc1Br. The highest BCUT2D eigenvalue weighted by Gasteiger charge is 2.15. The van der Waals surface area contributed by atoms with Crippen molar-refractivity contribution in [3.63, 3.8) is 0 Å². The number of benzene rings is 1. The molecule has 1 nitrogen and oxygen atoms in total. The molecule has 1 unspecified atom stereocenters. The largest absolute Gasteiger partial charge is 0.384 e. The van der Waals surface area contributed by atoms with Crippen molar-refractivity contribution >= 4 is 43.2 Å². The molecule has 0 aliphatic heterocycles. The van der Waals surface area contributed by atoms with Crippen LogP contribution in [-0.2, 0) is 0 Å². The molecule has 0 radical (unpaired) electrons. The number of hydrogen-bond donors (Lipinski definition) is 1. The lowest BCUT2D eigenvalue weighted by Crippen LogP contribution is -1.99. The van der Waals surface area contributed by atoms with Gasteiger partial charge in [0.1, 0.15) is 11.9 Å². The molecular weight excluding hydrogens is 359 g/mol. The van der Waals surface area contributed by atoms with Gasteiger partial charge in [-0.3, -0.25) is 0 Å². The Morgan fingerprint density at radius 2 is 1.94 bits per heavy atom. The zero-order chi connectivity index (χ0) is 11.7. The molecule has 84 valence electrons. The highest BCUT2D eigenvalue weighted by molar-refractivity contribution is 9.10. The van der Waals surface area contributed by atoms with Gasteiger partial charge in [-0.15, -0.1) is 0 Å². The summed E-state index contributed by atoms with van der Waals surface area (Å²) in [5, 5.41) is 13.8. The minimum absolute atomic E-state index is 0.372. The predicted molar refractivity (Wildman–Crippen MR) is 70.2 cm³/mol. The van der Waals surface area contributed by atoms with Gasteiger partial charge >= 0.3 is 0 Å². The number of aliphatic hydroxyl groups excluding tert-OH is 1. The Bertz CT molecular complexity index is 512. The van der Waals surface area contributed by atoms with E-state index in [1.807, 2.05) is 10.8 Å². The molecule has 5 heteroatoms. The third-order valence-electron chi connectivity index (χ3n) is 2.20. The summed E-state index contributed by atoms with van der Waals surface area (Å²) in [4.78, 5) is 0. The highest BCUT2D eigenvalue weighted by atomic mass is 79.9. The summed E-state index contributed by atoms with van der Waals surface area (Å²) in [5.41, 5.74) is 1.30. The molecule has 1 atom stereocenters. The van der Waals surface area contributed by atoms with Crippen molar-refractivity contribution in [1.82, 2.24) is 0 Å². The molecule has 0 amide bonds. The summed E-state index contributed by atoms with van der Waals surface area (Å²) in [6.45, 7) is 0. The summed E-state index contributed by atoms with van der Waals surface area (Å²) in [7, 11) is 0. The Balaban J connectivity index is 2.38. The monoisotopic (exact) mass is 364 g/mol. The van der Waals surface area contributed by atoms with Gasteiger partial charge in [0.05, 0.1) is 4.47 Å². The Kier molecular flexibility index (Phi) is 3.79. The van der Waals surface area contributed by atoms with Crippen LogP contribution in [-0.4, -0.2) is 5.11 Å². The van der Waals surface area contributed by atoms with Crippen molar-refractivity contribution < 1.29 is 9.50 Å². The Hall–Kier alpha value is -0.230. The second kappa shape index (κ2) is 4.96. The van der Waals surface area contributed by atoms with Gasteiger partial charge in [0, 0.05) is 15.4 Å². The predicted octanol–water partition coefficient (Wildman–Crippen LogP) is 4.49. The molecule has 0 saturated heterocycles. The molecule has 1 aromatic carbocycles. The minimum atomic E-state index is -0.803. The molecule has 1 N–H and O–H groups in total. The standard InChI is InChI=1S/C11H7Br2FOS/c12-8-2-1-6(3-10(8)14)11(15)7-4-16-5-9(7)13/h1-5,11,15H. The van der Waals surface area contributed by atoms with Gasteiger partial charge in [0.15, 0.2) is 0 Å². The fourth-order valence-electron chi connectivity index (χ4n) is 1.35. The molecule has 16 heavy (non-hydrogen) atoms. The lowest BCUT2D eigenvalue weighted by Gasteiger charge is -2.10. The topological polar surface area (TPSA) is 20.2 Å². The summed E-state index contributed by atoms with van der Waals surface area (Å²) < 4.78 is 14.6. The van der Waals surface area contributed by atoms with Crippen molar-refractivity contribution in [2.24, 2.45) is 0 Å². The number of aliphatic hydroxyl groups is 1. The first-order chi connectivity index (χ1) is 7.59. The number of hydrogen-bond acceptors (Lipinski definition) is 2. The van der Waals surface area contributed by atoms with E-state index in [2.05, 4.69) is 31.9 Å². The zero-order valence-electron chi connectivity index (χ0n) is 7.95. The van der Waals surface area contributed by atoms with E-state index in [1.165, 1.54) is 17.4 Å². The molecule has 0 fully saturated rings. The van der Waals surface area contributed by atoms with Crippen LogP contribution in [0, 0.1) is 5.82 Å². The van der Waals surface area contributed by atoms with E-state index in [9.17, 15) is 9.50 Å². The highest BCUT2D eigenvalue weighted by Crippen LogP contribution is 2.32. The molecule has 0 saturated carbocycles. The van der Waals surface area contributed by atoms with Crippen molar-refractivity contribution in [3.8, 4) is 0 Å². The van der Waals surface area contributed by atoms with Crippen LogP contribution in [0.2, 0.25) is 0 Å². The van der Waals surface area contributed by atoms with E-state index >= 15 is 0 Å². The fraction of sp³-hybridized carbons (Fsp3) is 0.0909. The third-order valence-corrected chi connectivity index (χ3v) is 4.59. The van der Waals surface area contributed by atoms with Crippen LogP contribution in [0.1, 0.15) is 17.2 Å². The average molecular weight is 366 g/mol. The summed E-state index contributed by atoms with van der Waals surface area (Å²) in [6, 6.07) is 4.62. The molecule has 0 aliphatic rings. The van der Waals surface area contributed by atoms with E-state index in [-0.39, 0.29) is 5.82 Å². The quantitative estimate of drug-likeness (QED) is 0.831. The average Bonchev–Trinajstić information content (AvgIpc) is 2.67. The van der Waals surface area contributed by atoms with E-state index < -0.39 is 6.10 Å². The van der Waals surface area contributed by atoms with Crippen molar-refractivity contribution in [3.05, 3.63) is 54.8 Å². The minimum Gasteiger partial charge on any atom is -0.384 e. The van der Waals surface area contributed by atoms with E-state index in [0.29, 0.717) is 10.0 Å². The van der Waals surface area contributed by atoms with Crippen molar-refractivity contribution in [1.29, 1.82) is 0 Å². The van der Waals surface area contributed by atoms with Crippen molar-refractivity contribution in [2.75, 3.05) is 0 Å². The third kappa shape index (κ3) is 2.37. The maximum Gasteiger partial charge on any atom is 0.137 e. The zero-order valence-corrected chi connectivity index (χ0v) is 11.9. The van der Waals surface area contributed by atoms with Gasteiger partial charge < -0.3 is 5.11 Å². The van der Waals surface area contributed by atoms with Crippen molar-refractivity contribution in [2.45, 2.75) is 6.10 Å². The normalized spacial score (nSPS) is 12.8. The molecular formula is C11H7Br2FOS. The van der Waals surface area contributed by atoms with E-state index in [1.54, 1.807) is 12.1 Å². The van der Waals surface area contributed by atoms with E-state index in [0.717, 1.165) is 10.0 Å². The van der Waals surface area contributed by atoms with Gasteiger partial charge in [0.2, 0.25) is 0 Å². The summed E-state index contributed by atoms with van der Waals surface area (Å²) in [6.07, 6.45) is -0.803. The Morgan fingerprint density at radius 3 is 2.50 bits per heavy atom. The lowest BCUT2D eigenvalue weighted by atomic mass is 10.0. The molecule has 0 aliphatic carbocycles. The maximum atomic E-state index is 13.3.